The molecule has 0 unspecified atom stereocenters. The Balaban J connectivity index is 1.81. The van der Waals surface area contributed by atoms with Crippen LogP contribution in [0.2, 0.25) is 0 Å². The first-order valence-electron chi connectivity index (χ1n) is 8.98. The molecule has 0 aliphatic carbocycles. The first-order chi connectivity index (χ1) is 13.0. The average molecular weight is 385 g/mol. The van der Waals surface area contributed by atoms with E-state index in [1.807, 2.05) is 37.3 Å². The summed E-state index contributed by atoms with van der Waals surface area (Å²) >= 11 is 0. The molecule has 27 heavy (non-hydrogen) atoms. The summed E-state index contributed by atoms with van der Waals surface area (Å²) in [5.41, 5.74) is 1.75. The van der Waals surface area contributed by atoms with Crippen LogP contribution in [0.3, 0.4) is 0 Å². The number of hydrogen-bond donors (Lipinski definition) is 0. The lowest BCUT2D eigenvalue weighted by Crippen LogP contribution is -2.41. The molecule has 1 atom stereocenters. The average Bonchev–Trinajstić information content (AvgIpc) is 3.02. The summed E-state index contributed by atoms with van der Waals surface area (Å²) in [7, 11) is -3.27. The topological polar surface area (TPSA) is 63.7 Å². The van der Waals surface area contributed by atoms with Crippen molar-refractivity contribution >= 4 is 21.4 Å². The van der Waals surface area contributed by atoms with Gasteiger partial charge in [0, 0.05) is 17.5 Å². The zero-order chi connectivity index (χ0) is 19.3. The predicted octanol–water partition coefficient (Wildman–Crippen LogP) is 3.36. The molecule has 0 aromatic heterocycles. The van der Waals surface area contributed by atoms with Gasteiger partial charge in [0.15, 0.2) is 9.84 Å². The molecule has 1 aliphatic heterocycles. The Morgan fingerprint density at radius 2 is 1.81 bits per heavy atom. The number of amides is 1. The third-order valence-electron chi connectivity index (χ3n) is 4.41. The van der Waals surface area contributed by atoms with Gasteiger partial charge in [-0.05, 0) is 49.2 Å². The normalized spacial score (nSPS) is 17.6. The van der Waals surface area contributed by atoms with Crippen LogP contribution in [-0.4, -0.2) is 32.7 Å². The Labute approximate surface area is 160 Å². The summed E-state index contributed by atoms with van der Waals surface area (Å²) in [6.07, 6.45) is 2.50. The molecule has 1 aliphatic rings. The molecular formula is C21H23NO4S. The summed E-state index contributed by atoms with van der Waals surface area (Å²) in [4.78, 5) is 14.6. The van der Waals surface area contributed by atoms with Crippen LogP contribution in [0.4, 0.5) is 5.69 Å². The van der Waals surface area contributed by atoms with Crippen molar-refractivity contribution in [3.05, 3.63) is 71.6 Å². The van der Waals surface area contributed by atoms with Gasteiger partial charge >= 0.3 is 0 Å². The number of sulfone groups is 1. The third kappa shape index (κ3) is 4.98. The van der Waals surface area contributed by atoms with E-state index in [9.17, 15) is 13.2 Å². The molecule has 2 aromatic rings. The maximum Gasteiger partial charge on any atom is 0.227 e. The molecule has 1 heterocycles. The van der Waals surface area contributed by atoms with Crippen molar-refractivity contribution in [3.8, 4) is 5.75 Å². The Bertz CT molecular complexity index is 905. The minimum absolute atomic E-state index is 0.0860. The highest BCUT2D eigenvalue weighted by Crippen LogP contribution is 2.26. The Morgan fingerprint density at radius 1 is 1.11 bits per heavy atom. The number of carbonyl (C=O) groups excluding carboxylic acids is 1. The van der Waals surface area contributed by atoms with Crippen LogP contribution in [0.15, 0.2) is 66.1 Å². The molecule has 0 spiro atoms. The zero-order valence-corrected chi connectivity index (χ0v) is 16.1. The number of anilines is 1. The predicted molar refractivity (Wildman–Crippen MR) is 107 cm³/mol. The van der Waals surface area contributed by atoms with E-state index in [1.54, 1.807) is 35.2 Å². The SMILES string of the molecule is CCOc1ccc(N(C(=O)CCc2ccccc2)[C@@H]2C=CS(=O)(=O)C2)cc1. The lowest BCUT2D eigenvalue weighted by Gasteiger charge is -2.28. The second kappa shape index (κ2) is 8.39. The van der Waals surface area contributed by atoms with E-state index in [2.05, 4.69) is 0 Å². The lowest BCUT2D eigenvalue weighted by molar-refractivity contribution is -0.118. The fourth-order valence-electron chi connectivity index (χ4n) is 3.13. The molecule has 5 nitrogen and oxygen atoms in total. The number of ether oxygens (including phenoxy) is 1. The fourth-order valence-corrected chi connectivity index (χ4v) is 4.39. The maximum absolute atomic E-state index is 13.0. The number of rotatable bonds is 7. The van der Waals surface area contributed by atoms with E-state index in [4.69, 9.17) is 4.74 Å². The van der Waals surface area contributed by atoms with E-state index in [1.165, 1.54) is 5.41 Å². The molecule has 0 saturated carbocycles. The minimum Gasteiger partial charge on any atom is -0.494 e. The van der Waals surface area contributed by atoms with E-state index in [0.717, 1.165) is 5.56 Å². The first kappa shape index (κ1) is 19.2. The second-order valence-electron chi connectivity index (χ2n) is 6.40. The molecule has 142 valence electrons. The zero-order valence-electron chi connectivity index (χ0n) is 15.2. The molecule has 2 aromatic carbocycles. The first-order valence-corrected chi connectivity index (χ1v) is 10.7. The van der Waals surface area contributed by atoms with Crippen LogP contribution >= 0.6 is 0 Å². The Kier molecular flexibility index (Phi) is 5.96. The quantitative estimate of drug-likeness (QED) is 0.733. The van der Waals surface area contributed by atoms with Crippen molar-refractivity contribution < 1.29 is 17.9 Å². The molecule has 0 radical (unpaired) electrons. The van der Waals surface area contributed by atoms with E-state index >= 15 is 0 Å². The summed E-state index contributed by atoms with van der Waals surface area (Å²) < 4.78 is 29.2. The molecule has 1 amide bonds. The monoisotopic (exact) mass is 385 g/mol. The van der Waals surface area contributed by atoms with Gasteiger partial charge in [-0.25, -0.2) is 8.42 Å². The number of hydrogen-bond acceptors (Lipinski definition) is 4. The van der Waals surface area contributed by atoms with Crippen molar-refractivity contribution in [1.29, 1.82) is 0 Å². The van der Waals surface area contributed by atoms with Crippen molar-refractivity contribution in [3.63, 3.8) is 0 Å². The maximum atomic E-state index is 13.0. The van der Waals surface area contributed by atoms with Gasteiger partial charge in [0.2, 0.25) is 5.91 Å². The lowest BCUT2D eigenvalue weighted by atomic mass is 10.1. The standard InChI is InChI=1S/C21H23NO4S/c1-2-26-20-11-9-18(10-12-20)22(19-14-15-27(24,25)16-19)21(23)13-8-17-6-4-3-5-7-17/h3-7,9-12,14-15,19H,2,8,13,16H2,1H3/t19-/m1/s1. The molecule has 3 rings (SSSR count). The van der Waals surface area contributed by atoms with Gasteiger partial charge in [0.05, 0.1) is 18.4 Å². The van der Waals surface area contributed by atoms with E-state index in [0.29, 0.717) is 30.9 Å². The van der Waals surface area contributed by atoms with Crippen molar-refractivity contribution in [2.75, 3.05) is 17.3 Å². The Hall–Kier alpha value is -2.60. The van der Waals surface area contributed by atoms with Gasteiger partial charge in [-0.3, -0.25) is 4.79 Å². The number of carbonyl (C=O) groups is 1. The van der Waals surface area contributed by atoms with Gasteiger partial charge in [-0.2, -0.15) is 0 Å². The van der Waals surface area contributed by atoms with E-state index < -0.39 is 15.9 Å². The van der Waals surface area contributed by atoms with Gasteiger partial charge in [0.1, 0.15) is 5.75 Å². The molecule has 0 bridgehead atoms. The smallest absolute Gasteiger partial charge is 0.227 e. The van der Waals surface area contributed by atoms with Crippen molar-refractivity contribution in [1.82, 2.24) is 0 Å². The largest absolute Gasteiger partial charge is 0.494 e. The molecule has 0 fully saturated rings. The van der Waals surface area contributed by atoms with Crippen LogP contribution in [0, 0.1) is 0 Å². The molecular weight excluding hydrogens is 362 g/mol. The summed E-state index contributed by atoms with van der Waals surface area (Å²) in [5.74, 6) is 0.527. The van der Waals surface area contributed by atoms with Gasteiger partial charge in [0.25, 0.3) is 0 Å². The summed E-state index contributed by atoms with van der Waals surface area (Å²) in [6.45, 7) is 2.46. The summed E-state index contributed by atoms with van der Waals surface area (Å²) in [5, 5.41) is 1.20. The molecule has 0 saturated heterocycles. The third-order valence-corrected chi connectivity index (χ3v) is 5.79. The van der Waals surface area contributed by atoms with Crippen molar-refractivity contribution in [2.45, 2.75) is 25.8 Å². The summed E-state index contributed by atoms with van der Waals surface area (Å²) in [6, 6.07) is 16.5. The Morgan fingerprint density at radius 3 is 2.41 bits per heavy atom. The van der Waals surface area contributed by atoms with Crippen LogP contribution in [0.5, 0.6) is 5.75 Å². The fraction of sp³-hybridized carbons (Fsp3) is 0.286. The van der Waals surface area contributed by atoms with Gasteiger partial charge < -0.3 is 9.64 Å². The van der Waals surface area contributed by atoms with Crippen LogP contribution < -0.4 is 9.64 Å². The number of aryl methyl sites for hydroxylation is 1. The van der Waals surface area contributed by atoms with Gasteiger partial charge in [-0.15, -0.1) is 0 Å². The molecule has 6 heteroatoms. The number of benzene rings is 2. The number of nitrogens with zero attached hydrogens (tertiary/aromatic N) is 1. The van der Waals surface area contributed by atoms with Crippen molar-refractivity contribution in [2.24, 2.45) is 0 Å². The highest BCUT2D eigenvalue weighted by Gasteiger charge is 2.31. The van der Waals surface area contributed by atoms with Gasteiger partial charge in [-0.1, -0.05) is 30.3 Å². The van der Waals surface area contributed by atoms with E-state index in [-0.39, 0.29) is 11.7 Å². The van der Waals surface area contributed by atoms with Crippen LogP contribution in [-0.2, 0) is 21.1 Å². The second-order valence-corrected chi connectivity index (χ2v) is 8.33. The molecule has 0 N–H and O–H groups in total. The highest BCUT2D eigenvalue weighted by molar-refractivity contribution is 7.94. The van der Waals surface area contributed by atoms with Crippen LogP contribution in [0.25, 0.3) is 0 Å². The van der Waals surface area contributed by atoms with Crippen LogP contribution in [0.1, 0.15) is 18.9 Å². The minimum atomic E-state index is -3.27. The highest BCUT2D eigenvalue weighted by atomic mass is 32.2.